The Morgan fingerprint density at radius 2 is 1.85 bits per heavy atom. The standard InChI is InChI=1S/C12H8Cl3N3O2/c1-20-7-4-2-3-6(5-7)16-11(19)8-9(13)17-12(15)18-10(8)14/h2-5H,1H3,(H,16,19). The molecule has 0 saturated heterocycles. The highest BCUT2D eigenvalue weighted by Crippen LogP contribution is 2.25. The van der Waals surface area contributed by atoms with Crippen LogP contribution in [-0.2, 0) is 0 Å². The van der Waals surface area contributed by atoms with Crippen molar-refractivity contribution in [1.82, 2.24) is 9.97 Å². The minimum atomic E-state index is -0.537. The molecule has 8 heteroatoms. The van der Waals surface area contributed by atoms with Crippen molar-refractivity contribution in [1.29, 1.82) is 0 Å². The summed E-state index contributed by atoms with van der Waals surface area (Å²) in [5, 5.41) is 2.27. The summed E-state index contributed by atoms with van der Waals surface area (Å²) in [6.07, 6.45) is 0. The van der Waals surface area contributed by atoms with E-state index in [1.165, 1.54) is 7.11 Å². The zero-order valence-electron chi connectivity index (χ0n) is 10.2. The highest BCUT2D eigenvalue weighted by molar-refractivity contribution is 6.40. The number of benzene rings is 1. The van der Waals surface area contributed by atoms with Gasteiger partial charge in [0.1, 0.15) is 21.6 Å². The lowest BCUT2D eigenvalue weighted by molar-refractivity contribution is 0.102. The molecule has 0 unspecified atom stereocenters. The van der Waals surface area contributed by atoms with Gasteiger partial charge in [0.2, 0.25) is 5.28 Å². The zero-order chi connectivity index (χ0) is 14.7. The smallest absolute Gasteiger partial charge is 0.261 e. The van der Waals surface area contributed by atoms with Crippen molar-refractivity contribution in [2.24, 2.45) is 0 Å². The number of hydrogen-bond acceptors (Lipinski definition) is 4. The summed E-state index contributed by atoms with van der Waals surface area (Å²) < 4.78 is 5.06. The summed E-state index contributed by atoms with van der Waals surface area (Å²) in [5.41, 5.74) is 0.483. The number of hydrogen-bond donors (Lipinski definition) is 1. The summed E-state index contributed by atoms with van der Waals surface area (Å²) in [4.78, 5) is 19.5. The molecule has 0 aliphatic heterocycles. The number of rotatable bonds is 3. The second-order valence-electron chi connectivity index (χ2n) is 3.64. The Balaban J connectivity index is 2.28. The summed E-state index contributed by atoms with van der Waals surface area (Å²) in [6, 6.07) is 6.83. The first-order chi connectivity index (χ1) is 9.51. The van der Waals surface area contributed by atoms with Crippen molar-refractivity contribution in [2.75, 3.05) is 12.4 Å². The molecule has 2 rings (SSSR count). The molecule has 0 saturated carbocycles. The maximum absolute atomic E-state index is 12.1. The summed E-state index contributed by atoms with van der Waals surface area (Å²) in [5.74, 6) is 0.0669. The first-order valence-corrected chi connectivity index (χ1v) is 6.48. The molecule has 1 N–H and O–H groups in total. The van der Waals surface area contributed by atoms with Crippen molar-refractivity contribution >= 4 is 46.4 Å². The van der Waals surface area contributed by atoms with Gasteiger partial charge >= 0.3 is 0 Å². The Bertz CT molecular complexity index is 641. The van der Waals surface area contributed by atoms with Crippen LogP contribution in [0.3, 0.4) is 0 Å². The van der Waals surface area contributed by atoms with Crippen molar-refractivity contribution in [2.45, 2.75) is 0 Å². The van der Waals surface area contributed by atoms with Gasteiger partial charge in [0.05, 0.1) is 7.11 Å². The first kappa shape index (κ1) is 14.8. The summed E-state index contributed by atoms with van der Waals surface area (Å²) in [7, 11) is 1.53. The fourth-order valence-corrected chi connectivity index (χ4v) is 2.28. The maximum Gasteiger partial charge on any atom is 0.261 e. The number of methoxy groups -OCH3 is 1. The number of carbonyl (C=O) groups is 1. The Labute approximate surface area is 129 Å². The Kier molecular flexibility index (Phi) is 4.65. The van der Waals surface area contributed by atoms with E-state index in [0.717, 1.165) is 0 Å². The number of carbonyl (C=O) groups excluding carboxylic acids is 1. The number of nitrogens with zero attached hydrogens (tertiary/aromatic N) is 2. The molecule has 0 radical (unpaired) electrons. The lowest BCUT2D eigenvalue weighted by Crippen LogP contribution is -2.14. The number of halogens is 3. The van der Waals surface area contributed by atoms with Gasteiger partial charge in [-0.3, -0.25) is 4.79 Å². The summed E-state index contributed by atoms with van der Waals surface area (Å²) in [6.45, 7) is 0. The average molecular weight is 333 g/mol. The fourth-order valence-electron chi connectivity index (χ4n) is 1.47. The van der Waals surface area contributed by atoms with Crippen molar-refractivity contribution in [3.8, 4) is 5.75 Å². The number of nitrogens with one attached hydrogen (secondary N) is 1. The van der Waals surface area contributed by atoms with Crippen LogP contribution in [0.1, 0.15) is 10.4 Å². The molecule has 0 bridgehead atoms. The predicted molar refractivity (Wildman–Crippen MR) is 78.0 cm³/mol. The Morgan fingerprint density at radius 1 is 1.20 bits per heavy atom. The highest BCUT2D eigenvalue weighted by Gasteiger charge is 2.18. The number of ether oxygens (including phenoxy) is 1. The van der Waals surface area contributed by atoms with Gasteiger partial charge < -0.3 is 10.1 Å². The van der Waals surface area contributed by atoms with Gasteiger partial charge in [0.15, 0.2) is 0 Å². The highest BCUT2D eigenvalue weighted by atomic mass is 35.5. The normalized spacial score (nSPS) is 10.2. The molecular weight excluding hydrogens is 325 g/mol. The molecule has 0 aliphatic rings. The largest absolute Gasteiger partial charge is 0.497 e. The van der Waals surface area contributed by atoms with Crippen LogP contribution < -0.4 is 10.1 Å². The molecule has 1 heterocycles. The van der Waals surface area contributed by atoms with Crippen LogP contribution in [-0.4, -0.2) is 23.0 Å². The van der Waals surface area contributed by atoms with E-state index < -0.39 is 5.91 Å². The third-order valence-corrected chi connectivity index (χ3v) is 3.06. The second kappa shape index (κ2) is 6.26. The van der Waals surface area contributed by atoms with E-state index in [1.54, 1.807) is 24.3 Å². The average Bonchev–Trinajstić information content (AvgIpc) is 2.37. The monoisotopic (exact) mass is 331 g/mol. The van der Waals surface area contributed by atoms with E-state index >= 15 is 0 Å². The van der Waals surface area contributed by atoms with Crippen LogP contribution in [0.2, 0.25) is 15.6 Å². The molecule has 104 valence electrons. The van der Waals surface area contributed by atoms with Crippen molar-refractivity contribution in [3.05, 3.63) is 45.4 Å². The van der Waals surface area contributed by atoms with Gasteiger partial charge in [-0.05, 0) is 23.7 Å². The first-order valence-electron chi connectivity index (χ1n) is 5.35. The number of aromatic nitrogens is 2. The van der Waals surface area contributed by atoms with Crippen LogP contribution in [0.15, 0.2) is 24.3 Å². The molecule has 1 aromatic carbocycles. The third-order valence-electron chi connectivity index (χ3n) is 2.35. The minimum absolute atomic E-state index is 0.0412. The SMILES string of the molecule is COc1cccc(NC(=O)c2c(Cl)nc(Cl)nc2Cl)c1. The third kappa shape index (κ3) is 3.30. The van der Waals surface area contributed by atoms with E-state index in [4.69, 9.17) is 39.5 Å². The zero-order valence-corrected chi connectivity index (χ0v) is 12.4. The quantitative estimate of drug-likeness (QED) is 0.687. The molecule has 0 atom stereocenters. The van der Waals surface area contributed by atoms with Crippen LogP contribution in [0.5, 0.6) is 5.75 Å². The summed E-state index contributed by atoms with van der Waals surface area (Å²) >= 11 is 17.3. The molecule has 0 fully saturated rings. The minimum Gasteiger partial charge on any atom is -0.497 e. The molecular formula is C12H8Cl3N3O2. The topological polar surface area (TPSA) is 64.1 Å². The van der Waals surface area contributed by atoms with Crippen LogP contribution in [0, 0.1) is 0 Å². The van der Waals surface area contributed by atoms with Crippen LogP contribution in [0.4, 0.5) is 5.69 Å². The molecule has 1 aromatic heterocycles. The number of amides is 1. The molecule has 20 heavy (non-hydrogen) atoms. The molecule has 0 aliphatic carbocycles. The van der Waals surface area contributed by atoms with E-state index in [9.17, 15) is 4.79 Å². The van der Waals surface area contributed by atoms with E-state index in [-0.39, 0.29) is 21.2 Å². The van der Waals surface area contributed by atoms with Gasteiger partial charge in [-0.25, -0.2) is 9.97 Å². The lowest BCUT2D eigenvalue weighted by Gasteiger charge is -2.08. The van der Waals surface area contributed by atoms with Crippen molar-refractivity contribution < 1.29 is 9.53 Å². The van der Waals surface area contributed by atoms with Crippen LogP contribution >= 0.6 is 34.8 Å². The lowest BCUT2D eigenvalue weighted by atomic mass is 10.2. The molecule has 5 nitrogen and oxygen atoms in total. The van der Waals surface area contributed by atoms with E-state index in [0.29, 0.717) is 11.4 Å². The van der Waals surface area contributed by atoms with E-state index in [1.807, 2.05) is 0 Å². The Hall–Kier alpha value is -1.56. The van der Waals surface area contributed by atoms with Gasteiger partial charge in [-0.1, -0.05) is 29.3 Å². The van der Waals surface area contributed by atoms with Gasteiger partial charge in [0, 0.05) is 11.8 Å². The van der Waals surface area contributed by atoms with Gasteiger partial charge in [0.25, 0.3) is 5.91 Å². The molecule has 1 amide bonds. The fraction of sp³-hybridized carbons (Fsp3) is 0.0833. The predicted octanol–water partition coefficient (Wildman–Crippen LogP) is 3.70. The maximum atomic E-state index is 12.1. The number of anilines is 1. The van der Waals surface area contributed by atoms with E-state index in [2.05, 4.69) is 15.3 Å². The molecule has 2 aromatic rings. The van der Waals surface area contributed by atoms with Crippen LogP contribution in [0.25, 0.3) is 0 Å². The Morgan fingerprint density at radius 3 is 2.45 bits per heavy atom. The second-order valence-corrected chi connectivity index (χ2v) is 4.69. The van der Waals surface area contributed by atoms with Crippen molar-refractivity contribution in [3.63, 3.8) is 0 Å². The van der Waals surface area contributed by atoms with Gasteiger partial charge in [-0.2, -0.15) is 0 Å². The van der Waals surface area contributed by atoms with Gasteiger partial charge in [-0.15, -0.1) is 0 Å². The molecule has 0 spiro atoms.